The first-order valence-electron chi connectivity index (χ1n) is 10.8. The molecule has 0 aromatic rings. The average molecular weight is 411 g/mol. The molecule has 0 amide bonds. The van der Waals surface area contributed by atoms with Gasteiger partial charge in [-0.1, -0.05) is 40.0 Å². The Bertz CT molecular complexity index is 420. The molecule has 1 N–H and O–H groups in total. The summed E-state index contributed by atoms with van der Waals surface area (Å²) in [7, 11) is -3.86. The summed E-state index contributed by atoms with van der Waals surface area (Å²) in [6.07, 6.45) is 8.22. The highest BCUT2D eigenvalue weighted by Crippen LogP contribution is 2.15. The van der Waals surface area contributed by atoms with Crippen LogP contribution in [0, 0.1) is 0 Å². The molecule has 27 heavy (non-hydrogen) atoms. The van der Waals surface area contributed by atoms with Crippen molar-refractivity contribution in [2.75, 3.05) is 58.4 Å². The molecule has 0 aliphatic carbocycles. The van der Waals surface area contributed by atoms with Crippen molar-refractivity contribution in [3.8, 4) is 0 Å². The van der Waals surface area contributed by atoms with Gasteiger partial charge in [0.05, 0.1) is 45.2 Å². The average Bonchev–Trinajstić information content (AvgIpc) is 2.63. The molecule has 0 fully saturated rings. The maximum absolute atomic E-state index is 11.0. The van der Waals surface area contributed by atoms with Crippen molar-refractivity contribution >= 4 is 10.1 Å². The van der Waals surface area contributed by atoms with Crippen molar-refractivity contribution in [3.05, 3.63) is 0 Å². The number of ether oxygens (including phenoxy) is 2. The first-order valence-corrected chi connectivity index (χ1v) is 12.5. The number of quaternary nitrogens is 1. The lowest BCUT2D eigenvalue weighted by Crippen LogP contribution is -2.52. The minimum Gasteiger partial charge on any atom is -0.379 e. The molecule has 0 aromatic heterocycles. The van der Waals surface area contributed by atoms with Gasteiger partial charge in [-0.3, -0.25) is 4.55 Å². The molecule has 0 saturated heterocycles. The van der Waals surface area contributed by atoms with Crippen LogP contribution in [0.5, 0.6) is 0 Å². The lowest BCUT2D eigenvalue weighted by atomic mass is 10.1. The van der Waals surface area contributed by atoms with Gasteiger partial charge in [0.15, 0.2) is 0 Å². The van der Waals surface area contributed by atoms with Crippen LogP contribution in [0.3, 0.4) is 0 Å². The first-order chi connectivity index (χ1) is 12.9. The topological polar surface area (TPSA) is 72.8 Å². The van der Waals surface area contributed by atoms with Crippen molar-refractivity contribution in [1.29, 1.82) is 0 Å². The highest BCUT2D eigenvalue weighted by atomic mass is 32.2. The molecule has 0 saturated carbocycles. The van der Waals surface area contributed by atoms with E-state index < -0.39 is 10.1 Å². The Morgan fingerprint density at radius 2 is 1.19 bits per heavy atom. The summed E-state index contributed by atoms with van der Waals surface area (Å²) in [4.78, 5) is 0. The molecular formula is C20H44NO5S+. The minimum absolute atomic E-state index is 0.139. The number of unbranched alkanes of at least 4 members (excludes halogenated alkanes) is 4. The van der Waals surface area contributed by atoms with E-state index in [1.54, 1.807) is 0 Å². The maximum atomic E-state index is 11.0. The van der Waals surface area contributed by atoms with Crippen LogP contribution >= 0.6 is 0 Å². The van der Waals surface area contributed by atoms with Gasteiger partial charge in [0.1, 0.15) is 6.54 Å². The fraction of sp³-hybridized carbons (Fsp3) is 1.00. The van der Waals surface area contributed by atoms with Gasteiger partial charge in [-0.05, 0) is 32.1 Å². The third kappa shape index (κ3) is 16.4. The Morgan fingerprint density at radius 3 is 1.70 bits per heavy atom. The summed E-state index contributed by atoms with van der Waals surface area (Å²) < 4.78 is 43.2. The van der Waals surface area contributed by atoms with E-state index in [9.17, 15) is 8.42 Å². The Kier molecular flexibility index (Phi) is 16.6. The van der Waals surface area contributed by atoms with Crippen LogP contribution in [-0.4, -0.2) is 75.8 Å². The third-order valence-electron chi connectivity index (χ3n) is 4.98. The van der Waals surface area contributed by atoms with Gasteiger partial charge in [0, 0.05) is 6.61 Å². The first kappa shape index (κ1) is 26.8. The van der Waals surface area contributed by atoms with Crippen LogP contribution in [0.4, 0.5) is 0 Å². The molecule has 0 bridgehead atoms. The Morgan fingerprint density at radius 1 is 0.667 bits per heavy atom. The van der Waals surface area contributed by atoms with Crippen LogP contribution in [0.1, 0.15) is 72.1 Å². The molecule has 0 unspecified atom stereocenters. The van der Waals surface area contributed by atoms with E-state index in [-0.39, 0.29) is 5.75 Å². The van der Waals surface area contributed by atoms with Gasteiger partial charge in [-0.2, -0.15) is 8.42 Å². The Labute approximate surface area is 167 Å². The van der Waals surface area contributed by atoms with Crippen LogP contribution in [0.15, 0.2) is 0 Å². The van der Waals surface area contributed by atoms with Crippen LogP contribution < -0.4 is 0 Å². The van der Waals surface area contributed by atoms with Gasteiger partial charge >= 0.3 is 0 Å². The van der Waals surface area contributed by atoms with E-state index in [0.717, 1.165) is 69.4 Å². The summed E-state index contributed by atoms with van der Waals surface area (Å²) in [5.74, 6) is -0.139. The zero-order valence-electron chi connectivity index (χ0n) is 18.0. The Balaban J connectivity index is 4.44. The molecular weight excluding hydrogens is 366 g/mol. The predicted molar refractivity (Wildman–Crippen MR) is 112 cm³/mol. The molecule has 0 atom stereocenters. The predicted octanol–water partition coefficient (Wildman–Crippen LogP) is 3.90. The lowest BCUT2D eigenvalue weighted by molar-refractivity contribution is -0.929. The molecule has 0 aliphatic heterocycles. The summed E-state index contributed by atoms with van der Waals surface area (Å²) in [6.45, 7) is 13.5. The lowest BCUT2D eigenvalue weighted by Gasteiger charge is -2.39. The van der Waals surface area contributed by atoms with E-state index in [1.807, 2.05) is 0 Å². The van der Waals surface area contributed by atoms with E-state index in [4.69, 9.17) is 14.0 Å². The molecule has 0 heterocycles. The second kappa shape index (κ2) is 16.7. The van der Waals surface area contributed by atoms with Crippen molar-refractivity contribution in [1.82, 2.24) is 0 Å². The fourth-order valence-electron chi connectivity index (χ4n) is 3.22. The highest BCUT2D eigenvalue weighted by molar-refractivity contribution is 7.85. The van der Waals surface area contributed by atoms with E-state index in [0.29, 0.717) is 26.2 Å². The van der Waals surface area contributed by atoms with Crippen molar-refractivity contribution in [2.45, 2.75) is 72.1 Å². The van der Waals surface area contributed by atoms with Crippen LogP contribution in [-0.2, 0) is 19.6 Å². The van der Waals surface area contributed by atoms with E-state index in [1.165, 1.54) is 12.8 Å². The molecule has 6 nitrogen and oxygen atoms in total. The fourth-order valence-corrected chi connectivity index (χ4v) is 3.79. The van der Waals surface area contributed by atoms with Crippen LogP contribution in [0.25, 0.3) is 0 Å². The summed E-state index contributed by atoms with van der Waals surface area (Å²) >= 11 is 0. The number of hydrogen-bond donors (Lipinski definition) is 1. The summed E-state index contributed by atoms with van der Waals surface area (Å²) in [5, 5.41) is 0. The third-order valence-corrected chi connectivity index (χ3v) is 5.79. The van der Waals surface area contributed by atoms with Gasteiger partial charge in [0.25, 0.3) is 10.1 Å². The highest BCUT2D eigenvalue weighted by Gasteiger charge is 2.26. The van der Waals surface area contributed by atoms with Crippen LogP contribution in [0.2, 0.25) is 0 Å². The molecule has 0 rings (SSSR count). The molecule has 0 aliphatic rings. The molecule has 0 aromatic carbocycles. The SMILES string of the molecule is CCCCOCCOCC[N+](CCCC)(CCCC)CCCCS(=O)(=O)O. The zero-order chi connectivity index (χ0) is 20.4. The standard InChI is InChI=1S/C20H43NO5S/c1-4-7-12-21(13-8-5-2,14-10-11-20-27(22,23)24)15-17-26-19-18-25-16-9-6-3/h4-20H2,1-3H3/p+1. The Hall–Kier alpha value is -0.210. The molecule has 164 valence electrons. The monoisotopic (exact) mass is 410 g/mol. The van der Waals surface area contributed by atoms with Crippen molar-refractivity contribution in [2.24, 2.45) is 0 Å². The molecule has 0 radical (unpaired) electrons. The van der Waals surface area contributed by atoms with Crippen molar-refractivity contribution in [3.63, 3.8) is 0 Å². The zero-order valence-corrected chi connectivity index (χ0v) is 18.8. The van der Waals surface area contributed by atoms with Gasteiger partial charge in [-0.25, -0.2) is 0 Å². The second-order valence-corrected chi connectivity index (χ2v) is 9.09. The molecule has 0 spiro atoms. The number of hydrogen-bond acceptors (Lipinski definition) is 4. The smallest absolute Gasteiger partial charge is 0.264 e. The van der Waals surface area contributed by atoms with E-state index in [2.05, 4.69) is 20.8 Å². The van der Waals surface area contributed by atoms with Gasteiger partial charge in [0.2, 0.25) is 0 Å². The van der Waals surface area contributed by atoms with Gasteiger partial charge in [-0.15, -0.1) is 0 Å². The largest absolute Gasteiger partial charge is 0.379 e. The minimum atomic E-state index is -3.86. The quantitative estimate of drug-likeness (QED) is 0.187. The normalized spacial score (nSPS) is 12.6. The molecule has 7 heteroatoms. The second-order valence-electron chi connectivity index (χ2n) is 7.51. The summed E-state index contributed by atoms with van der Waals surface area (Å²) in [6, 6.07) is 0. The number of rotatable bonds is 20. The summed E-state index contributed by atoms with van der Waals surface area (Å²) in [5.41, 5.74) is 0. The van der Waals surface area contributed by atoms with Gasteiger partial charge < -0.3 is 14.0 Å². The van der Waals surface area contributed by atoms with E-state index >= 15 is 0 Å². The number of nitrogens with zero attached hydrogens (tertiary/aromatic N) is 1. The maximum Gasteiger partial charge on any atom is 0.264 e. The van der Waals surface area contributed by atoms with Crippen molar-refractivity contribution < 1.29 is 26.9 Å².